The first-order chi connectivity index (χ1) is 11.2. The van der Waals surface area contributed by atoms with Gasteiger partial charge in [0.2, 0.25) is 11.8 Å². The monoisotopic (exact) mass is 315 g/mol. The molecule has 122 valence electrons. The zero-order chi connectivity index (χ0) is 16.2. The number of benzene rings is 1. The molecule has 0 unspecified atom stereocenters. The molecule has 1 heterocycles. The highest BCUT2D eigenvalue weighted by Crippen LogP contribution is 2.20. The highest BCUT2D eigenvalue weighted by molar-refractivity contribution is 6.04. The van der Waals surface area contributed by atoms with E-state index in [2.05, 4.69) is 10.4 Å². The fourth-order valence-corrected chi connectivity index (χ4v) is 2.50. The Morgan fingerprint density at radius 1 is 1.30 bits per heavy atom. The minimum absolute atomic E-state index is 0.00734. The Labute approximate surface area is 135 Å². The maximum Gasteiger partial charge on any atom is 0.243 e. The molecule has 6 nitrogen and oxygen atoms in total. The first-order valence-corrected chi connectivity index (χ1v) is 7.97. The topological polar surface area (TPSA) is 71.0 Å². The van der Waals surface area contributed by atoms with Crippen LogP contribution in [-0.2, 0) is 9.59 Å². The minimum Gasteiger partial charge on any atom is -0.497 e. The number of hydrogen-bond acceptors (Lipinski definition) is 4. The molecule has 1 N–H and O–H groups in total. The highest BCUT2D eigenvalue weighted by atomic mass is 16.5. The van der Waals surface area contributed by atoms with Crippen LogP contribution in [0.2, 0.25) is 0 Å². The molecular formula is C17H21N3O3. The highest BCUT2D eigenvalue weighted by Gasteiger charge is 2.25. The molecule has 1 aromatic rings. The molecule has 0 bridgehead atoms. The lowest BCUT2D eigenvalue weighted by Crippen LogP contribution is -2.35. The maximum absolute atomic E-state index is 12.0. The third-order valence-corrected chi connectivity index (χ3v) is 4.02. The molecule has 1 aliphatic carbocycles. The second-order valence-electron chi connectivity index (χ2n) is 5.88. The molecule has 23 heavy (non-hydrogen) atoms. The number of ether oxygens (including phenoxy) is 1. The normalized spacial score (nSPS) is 17.7. The second kappa shape index (κ2) is 6.81. The molecule has 0 aromatic heterocycles. The van der Waals surface area contributed by atoms with Crippen molar-refractivity contribution in [3.8, 4) is 5.75 Å². The van der Waals surface area contributed by atoms with Crippen LogP contribution in [0.1, 0.15) is 37.7 Å². The van der Waals surface area contributed by atoms with Gasteiger partial charge < -0.3 is 10.1 Å². The molecule has 6 heteroatoms. The average Bonchev–Trinajstić information content (AvgIpc) is 3.38. The molecule has 1 aliphatic heterocycles. The predicted octanol–water partition coefficient (Wildman–Crippen LogP) is 1.69. The Morgan fingerprint density at radius 2 is 2.04 bits per heavy atom. The molecule has 2 amide bonds. The van der Waals surface area contributed by atoms with Crippen LogP contribution in [0.25, 0.3) is 0 Å². The fraction of sp³-hybridized carbons (Fsp3) is 0.471. The van der Waals surface area contributed by atoms with Crippen molar-refractivity contribution in [2.24, 2.45) is 5.10 Å². The van der Waals surface area contributed by atoms with Gasteiger partial charge in [0.25, 0.3) is 0 Å². The van der Waals surface area contributed by atoms with Crippen molar-refractivity contribution >= 4 is 17.5 Å². The largest absolute Gasteiger partial charge is 0.497 e. The first kappa shape index (κ1) is 15.5. The summed E-state index contributed by atoms with van der Waals surface area (Å²) < 4.78 is 5.15. The summed E-state index contributed by atoms with van der Waals surface area (Å²) in [5, 5.41) is 8.79. The van der Waals surface area contributed by atoms with Gasteiger partial charge in [-0.2, -0.15) is 5.10 Å². The van der Waals surface area contributed by atoms with Gasteiger partial charge in [0.15, 0.2) is 0 Å². The van der Waals surface area contributed by atoms with Gasteiger partial charge in [-0.25, -0.2) is 5.01 Å². The van der Waals surface area contributed by atoms with E-state index in [0.717, 1.165) is 29.9 Å². The molecule has 0 saturated heterocycles. The van der Waals surface area contributed by atoms with Gasteiger partial charge in [0, 0.05) is 25.3 Å². The van der Waals surface area contributed by atoms with E-state index in [0.29, 0.717) is 31.8 Å². The van der Waals surface area contributed by atoms with Crippen molar-refractivity contribution in [1.29, 1.82) is 0 Å². The van der Waals surface area contributed by atoms with Gasteiger partial charge in [-0.1, -0.05) is 0 Å². The van der Waals surface area contributed by atoms with E-state index in [4.69, 9.17) is 4.74 Å². The Balaban J connectivity index is 1.63. The summed E-state index contributed by atoms with van der Waals surface area (Å²) in [5.41, 5.74) is 1.85. The summed E-state index contributed by atoms with van der Waals surface area (Å²) in [7, 11) is 1.63. The number of amides is 2. The summed E-state index contributed by atoms with van der Waals surface area (Å²) >= 11 is 0. The molecule has 3 rings (SSSR count). The molecule has 0 atom stereocenters. The van der Waals surface area contributed by atoms with Crippen molar-refractivity contribution in [3.05, 3.63) is 29.8 Å². The standard InChI is InChI=1S/C17H21N3O3/c1-23-14-6-2-12(3-7-14)15-8-9-17(22)20(19-15)11-10-16(21)18-13-4-5-13/h2-3,6-7,13H,4-5,8-11H2,1H3,(H,18,21). The quantitative estimate of drug-likeness (QED) is 0.868. The number of methoxy groups -OCH3 is 1. The third kappa shape index (κ3) is 4.09. The minimum atomic E-state index is -0.0264. The van der Waals surface area contributed by atoms with Crippen LogP contribution >= 0.6 is 0 Å². The van der Waals surface area contributed by atoms with Gasteiger partial charge in [0.1, 0.15) is 5.75 Å². The molecule has 2 aliphatic rings. The zero-order valence-electron chi connectivity index (χ0n) is 13.2. The van der Waals surface area contributed by atoms with E-state index >= 15 is 0 Å². The number of hydrogen-bond donors (Lipinski definition) is 1. The van der Waals surface area contributed by atoms with E-state index in [-0.39, 0.29) is 11.8 Å². The van der Waals surface area contributed by atoms with Gasteiger partial charge in [-0.3, -0.25) is 9.59 Å². The van der Waals surface area contributed by atoms with Gasteiger partial charge in [-0.05, 0) is 42.7 Å². The van der Waals surface area contributed by atoms with Crippen LogP contribution in [0.5, 0.6) is 5.75 Å². The van der Waals surface area contributed by atoms with Crippen molar-refractivity contribution in [2.75, 3.05) is 13.7 Å². The van der Waals surface area contributed by atoms with E-state index < -0.39 is 0 Å². The smallest absolute Gasteiger partial charge is 0.243 e. The maximum atomic E-state index is 12.0. The summed E-state index contributed by atoms with van der Waals surface area (Å²) in [6.45, 7) is 0.330. The van der Waals surface area contributed by atoms with E-state index in [1.165, 1.54) is 5.01 Å². The lowest BCUT2D eigenvalue weighted by atomic mass is 10.0. The van der Waals surface area contributed by atoms with Crippen LogP contribution < -0.4 is 10.1 Å². The van der Waals surface area contributed by atoms with Crippen molar-refractivity contribution in [2.45, 2.75) is 38.1 Å². The van der Waals surface area contributed by atoms with Crippen molar-refractivity contribution in [1.82, 2.24) is 10.3 Å². The number of nitrogens with one attached hydrogen (secondary N) is 1. The molecule has 1 saturated carbocycles. The molecular weight excluding hydrogens is 294 g/mol. The fourth-order valence-electron chi connectivity index (χ4n) is 2.50. The van der Waals surface area contributed by atoms with Gasteiger partial charge >= 0.3 is 0 Å². The van der Waals surface area contributed by atoms with E-state index in [1.54, 1.807) is 7.11 Å². The Bertz CT molecular complexity index is 620. The van der Waals surface area contributed by atoms with Gasteiger partial charge in [0.05, 0.1) is 19.4 Å². The van der Waals surface area contributed by atoms with E-state index in [1.807, 2.05) is 24.3 Å². The summed E-state index contributed by atoms with van der Waals surface area (Å²) in [4.78, 5) is 23.7. The van der Waals surface area contributed by atoms with Crippen LogP contribution in [0.4, 0.5) is 0 Å². The first-order valence-electron chi connectivity index (χ1n) is 7.97. The van der Waals surface area contributed by atoms with Crippen LogP contribution in [0, 0.1) is 0 Å². The predicted molar refractivity (Wildman–Crippen MR) is 86.3 cm³/mol. The van der Waals surface area contributed by atoms with Crippen LogP contribution in [-0.4, -0.2) is 42.2 Å². The molecule has 0 spiro atoms. The van der Waals surface area contributed by atoms with Crippen molar-refractivity contribution in [3.63, 3.8) is 0 Å². The third-order valence-electron chi connectivity index (χ3n) is 4.02. The molecule has 0 radical (unpaired) electrons. The number of rotatable bonds is 6. The summed E-state index contributed by atoms with van der Waals surface area (Å²) in [6, 6.07) is 7.97. The number of nitrogens with zero attached hydrogens (tertiary/aromatic N) is 2. The Kier molecular flexibility index (Phi) is 4.60. The number of carbonyl (C=O) groups excluding carboxylic acids is 2. The van der Waals surface area contributed by atoms with Gasteiger partial charge in [-0.15, -0.1) is 0 Å². The summed E-state index contributed by atoms with van der Waals surface area (Å²) in [6.07, 6.45) is 3.47. The average molecular weight is 315 g/mol. The van der Waals surface area contributed by atoms with Crippen LogP contribution in [0.3, 0.4) is 0 Å². The lowest BCUT2D eigenvalue weighted by molar-refractivity contribution is -0.132. The van der Waals surface area contributed by atoms with E-state index in [9.17, 15) is 9.59 Å². The zero-order valence-corrected chi connectivity index (χ0v) is 13.2. The lowest BCUT2D eigenvalue weighted by Gasteiger charge is -2.23. The van der Waals surface area contributed by atoms with Crippen LogP contribution in [0.15, 0.2) is 29.4 Å². The second-order valence-corrected chi connectivity index (χ2v) is 5.88. The molecule has 1 aromatic carbocycles. The Morgan fingerprint density at radius 3 is 2.70 bits per heavy atom. The number of hydrazone groups is 1. The SMILES string of the molecule is COc1ccc(C2=NN(CCC(=O)NC3CC3)C(=O)CC2)cc1. The van der Waals surface area contributed by atoms with Crippen molar-refractivity contribution < 1.29 is 14.3 Å². The summed E-state index contributed by atoms with van der Waals surface area (Å²) in [5.74, 6) is 0.753. The number of carbonyl (C=O) groups is 2. The molecule has 1 fully saturated rings. The Hall–Kier alpha value is -2.37.